The number of benzene rings is 1. The zero-order valence-corrected chi connectivity index (χ0v) is 22.1. The monoisotopic (exact) mass is 507 g/mol. The summed E-state index contributed by atoms with van der Waals surface area (Å²) < 4.78 is 19.4. The molecule has 1 aromatic carbocycles. The second-order valence-electron chi connectivity index (χ2n) is 12.8. The van der Waals surface area contributed by atoms with Gasteiger partial charge in [-0.15, -0.1) is 0 Å². The molecule has 3 aliphatic carbocycles. The summed E-state index contributed by atoms with van der Waals surface area (Å²) in [4.78, 5) is 17.1. The van der Waals surface area contributed by atoms with Crippen molar-refractivity contribution in [2.45, 2.75) is 94.4 Å². The van der Waals surface area contributed by atoms with Gasteiger partial charge in [-0.2, -0.15) is 0 Å². The van der Waals surface area contributed by atoms with E-state index in [0.29, 0.717) is 37.9 Å². The lowest BCUT2D eigenvalue weighted by atomic mass is 9.41. The number of carbonyl (C=O) groups excluding carboxylic acids is 1. The summed E-state index contributed by atoms with van der Waals surface area (Å²) in [6.45, 7) is 8.60. The van der Waals surface area contributed by atoms with Crippen LogP contribution in [0.3, 0.4) is 0 Å². The molecular weight excluding hydrogens is 470 g/mol. The maximum Gasteiger partial charge on any atom is 0.195 e. The van der Waals surface area contributed by atoms with Gasteiger partial charge in [0.1, 0.15) is 11.2 Å². The quantitative estimate of drug-likeness (QED) is 0.546. The predicted molar refractivity (Wildman–Crippen MR) is 137 cm³/mol. The number of ether oxygens (including phenoxy) is 3. The maximum absolute atomic E-state index is 13.4. The number of nitrogens with one attached hydrogen (secondary N) is 1. The molecule has 3 N–H and O–H groups in total. The van der Waals surface area contributed by atoms with Gasteiger partial charge >= 0.3 is 0 Å². The largest absolute Gasteiger partial charge is 0.396 e. The summed E-state index contributed by atoms with van der Waals surface area (Å²) in [5.74, 6) is -1.05. The van der Waals surface area contributed by atoms with Crippen LogP contribution in [0.5, 0.6) is 0 Å². The van der Waals surface area contributed by atoms with E-state index in [1.165, 1.54) is 16.6 Å². The second kappa shape index (κ2) is 7.33. The molecule has 1 spiro atoms. The van der Waals surface area contributed by atoms with E-state index >= 15 is 0 Å². The SMILES string of the molecule is CC1(C)O[C@@]23CC[C@]4(C)[C@@]5(C)c6[nH]c7ccccc7c6C[C@@H]5C[C@H](OCCCO)[C@@]4(O)C2=CC(=O)C1O3. The van der Waals surface area contributed by atoms with Crippen molar-refractivity contribution in [1.29, 1.82) is 0 Å². The zero-order chi connectivity index (χ0) is 26.0. The molecule has 3 fully saturated rings. The molecule has 3 heterocycles. The molecule has 7 atom stereocenters. The van der Waals surface area contributed by atoms with Gasteiger partial charge in [-0.25, -0.2) is 0 Å². The molecule has 0 amide bonds. The minimum absolute atomic E-state index is 0.0212. The molecule has 198 valence electrons. The van der Waals surface area contributed by atoms with Crippen LogP contribution in [0.4, 0.5) is 0 Å². The molecule has 1 aromatic heterocycles. The number of hydrogen-bond donors (Lipinski definition) is 3. The first kappa shape index (κ1) is 24.0. The summed E-state index contributed by atoms with van der Waals surface area (Å²) in [5.41, 5.74) is 0.819. The molecular formula is C30H37NO6. The Bertz CT molecular complexity index is 1340. The van der Waals surface area contributed by atoms with Crippen molar-refractivity contribution in [3.63, 3.8) is 0 Å². The van der Waals surface area contributed by atoms with E-state index in [4.69, 9.17) is 14.2 Å². The topological polar surface area (TPSA) is 101 Å². The highest BCUT2D eigenvalue weighted by molar-refractivity contribution is 5.97. The van der Waals surface area contributed by atoms with Crippen molar-refractivity contribution in [1.82, 2.24) is 4.98 Å². The molecule has 2 aliphatic heterocycles. The van der Waals surface area contributed by atoms with E-state index < -0.39 is 34.6 Å². The zero-order valence-electron chi connectivity index (χ0n) is 22.1. The lowest BCUT2D eigenvalue weighted by Gasteiger charge is -2.67. The average molecular weight is 508 g/mol. The number of H-pyrrole nitrogens is 1. The van der Waals surface area contributed by atoms with Crippen LogP contribution >= 0.6 is 0 Å². The first-order chi connectivity index (χ1) is 17.5. The molecule has 7 heteroatoms. The Hall–Kier alpha value is -2.03. The fourth-order valence-corrected chi connectivity index (χ4v) is 8.88. The van der Waals surface area contributed by atoms with Gasteiger partial charge in [0.25, 0.3) is 0 Å². The van der Waals surface area contributed by atoms with Crippen molar-refractivity contribution in [3.8, 4) is 0 Å². The van der Waals surface area contributed by atoms with Gasteiger partial charge in [0, 0.05) is 52.6 Å². The summed E-state index contributed by atoms with van der Waals surface area (Å²) >= 11 is 0. The Morgan fingerprint density at radius 3 is 2.73 bits per heavy atom. The lowest BCUT2D eigenvalue weighted by molar-refractivity contribution is -0.280. The van der Waals surface area contributed by atoms with E-state index in [1.54, 1.807) is 6.08 Å². The Morgan fingerprint density at radius 1 is 1.16 bits per heavy atom. The van der Waals surface area contributed by atoms with Crippen molar-refractivity contribution in [2.24, 2.45) is 11.3 Å². The van der Waals surface area contributed by atoms with Gasteiger partial charge in [-0.05, 0) is 63.2 Å². The minimum atomic E-state index is -1.49. The van der Waals surface area contributed by atoms with Crippen LogP contribution in [0.1, 0.15) is 64.6 Å². The highest BCUT2D eigenvalue weighted by Crippen LogP contribution is 2.72. The van der Waals surface area contributed by atoms with Crippen LogP contribution in [0.15, 0.2) is 35.9 Å². The summed E-state index contributed by atoms with van der Waals surface area (Å²) in [6.07, 6.45) is 3.63. The van der Waals surface area contributed by atoms with Crippen LogP contribution in [0.25, 0.3) is 10.9 Å². The molecule has 2 bridgehead atoms. The van der Waals surface area contributed by atoms with E-state index in [9.17, 15) is 15.0 Å². The Labute approximate surface area is 217 Å². The van der Waals surface area contributed by atoms with Gasteiger partial charge in [0.2, 0.25) is 0 Å². The number of aromatic nitrogens is 1. The van der Waals surface area contributed by atoms with Crippen LogP contribution in [0.2, 0.25) is 0 Å². The van der Waals surface area contributed by atoms with Crippen LogP contribution < -0.4 is 0 Å². The third-order valence-electron chi connectivity index (χ3n) is 10.9. The lowest BCUT2D eigenvalue weighted by Crippen LogP contribution is -2.74. The predicted octanol–water partition coefficient (Wildman–Crippen LogP) is 3.70. The van der Waals surface area contributed by atoms with Crippen LogP contribution in [0, 0.1) is 11.3 Å². The van der Waals surface area contributed by atoms with Crippen LogP contribution in [-0.2, 0) is 30.8 Å². The number of aliphatic hydroxyl groups excluding tert-OH is 1. The van der Waals surface area contributed by atoms with E-state index in [-0.39, 0.29) is 23.7 Å². The molecule has 1 saturated heterocycles. The number of aliphatic hydroxyl groups is 2. The molecule has 0 radical (unpaired) electrons. The molecule has 2 saturated carbocycles. The third-order valence-corrected chi connectivity index (χ3v) is 10.9. The van der Waals surface area contributed by atoms with Crippen molar-refractivity contribution in [2.75, 3.05) is 13.2 Å². The third kappa shape index (κ3) is 2.67. The summed E-state index contributed by atoms with van der Waals surface area (Å²) in [6, 6.07) is 8.42. The van der Waals surface area contributed by atoms with Gasteiger partial charge < -0.3 is 29.4 Å². The van der Waals surface area contributed by atoms with Gasteiger partial charge in [0.05, 0.1) is 6.10 Å². The van der Waals surface area contributed by atoms with Crippen molar-refractivity contribution >= 4 is 16.7 Å². The highest BCUT2D eigenvalue weighted by atomic mass is 16.8. The second-order valence-corrected chi connectivity index (χ2v) is 12.8. The first-order valence-electron chi connectivity index (χ1n) is 13.7. The van der Waals surface area contributed by atoms with Gasteiger partial charge in [0.15, 0.2) is 17.7 Å². The number of hydrogen-bond acceptors (Lipinski definition) is 6. The number of para-hydroxylation sites is 1. The number of carbonyl (C=O) groups is 1. The number of rotatable bonds is 4. The molecule has 7 rings (SSSR count). The number of aromatic amines is 1. The molecule has 1 unspecified atom stereocenters. The Kier molecular flexibility index (Phi) is 4.76. The van der Waals surface area contributed by atoms with Crippen molar-refractivity contribution < 1.29 is 29.2 Å². The summed E-state index contributed by atoms with van der Waals surface area (Å²) in [7, 11) is 0. The maximum atomic E-state index is 13.4. The molecule has 2 aromatic rings. The first-order valence-corrected chi connectivity index (χ1v) is 13.7. The Balaban J connectivity index is 1.43. The number of ketones is 1. The number of fused-ring (bicyclic) bond motifs is 9. The molecule has 7 nitrogen and oxygen atoms in total. The van der Waals surface area contributed by atoms with Gasteiger partial charge in [-0.1, -0.05) is 32.0 Å². The normalized spacial score (nSPS) is 43.2. The van der Waals surface area contributed by atoms with E-state index in [1.807, 2.05) is 19.9 Å². The molecule has 37 heavy (non-hydrogen) atoms. The van der Waals surface area contributed by atoms with Crippen LogP contribution in [-0.4, -0.2) is 63.4 Å². The Morgan fingerprint density at radius 2 is 1.95 bits per heavy atom. The van der Waals surface area contributed by atoms with E-state index in [0.717, 1.165) is 11.9 Å². The standard InChI is InChI=1S/C30H37NO6/c1-26(2)25-21(33)16-22-29(36-25,37-26)11-10-27(3)28(4)17(15-23(30(22,27)34)35-13-7-12-32)14-19-18-8-5-6-9-20(18)31-24(19)28/h5-6,8-9,16-17,23,25,31-32,34H,7,10-15H2,1-4H3/t17-,23+,25?,27-,28-,29+,30+/m1/s1. The molecule has 5 aliphatic rings. The minimum Gasteiger partial charge on any atom is -0.396 e. The van der Waals surface area contributed by atoms with E-state index in [2.05, 4.69) is 37.0 Å². The highest BCUT2D eigenvalue weighted by Gasteiger charge is 2.78. The van der Waals surface area contributed by atoms with Crippen molar-refractivity contribution in [3.05, 3.63) is 47.2 Å². The fraction of sp³-hybridized carbons (Fsp3) is 0.633. The summed E-state index contributed by atoms with van der Waals surface area (Å²) in [5, 5.41) is 23.8. The average Bonchev–Trinajstić information content (AvgIpc) is 3.44. The van der Waals surface area contributed by atoms with Gasteiger partial charge in [-0.3, -0.25) is 4.79 Å². The fourth-order valence-electron chi connectivity index (χ4n) is 8.88. The smallest absolute Gasteiger partial charge is 0.195 e.